The molecule has 0 unspecified atom stereocenters. The highest BCUT2D eigenvalue weighted by Gasteiger charge is 2.17. The summed E-state index contributed by atoms with van der Waals surface area (Å²) in [7, 11) is 0. The van der Waals surface area contributed by atoms with Gasteiger partial charge in [0, 0.05) is 33.7 Å². The maximum absolute atomic E-state index is 12.6. The Hall–Kier alpha value is -3.23. The number of halogens is 1. The van der Waals surface area contributed by atoms with E-state index in [4.69, 9.17) is 0 Å². The highest BCUT2D eigenvalue weighted by atomic mass is 79.9. The second-order valence-corrected chi connectivity index (χ2v) is 10.6. The first kappa shape index (κ1) is 24.5. The quantitative estimate of drug-likeness (QED) is 0.199. The Balaban J connectivity index is 1.49. The predicted molar refractivity (Wildman–Crippen MR) is 149 cm³/mol. The Morgan fingerprint density at radius 3 is 2.50 bits per heavy atom. The van der Waals surface area contributed by atoms with Gasteiger partial charge in [-0.3, -0.25) is 13.8 Å². The van der Waals surface area contributed by atoms with Gasteiger partial charge >= 0.3 is 0 Å². The topological polar surface area (TPSA) is 65.1 Å². The van der Waals surface area contributed by atoms with Gasteiger partial charge < -0.3 is 0 Å². The first-order valence-electron chi connectivity index (χ1n) is 11.9. The smallest absolute Gasteiger partial charge is 0.258 e. The van der Waals surface area contributed by atoms with Crippen LogP contribution in [0.25, 0.3) is 22.7 Å². The lowest BCUT2D eigenvalue weighted by molar-refractivity contribution is 0.794. The number of nitrogens with zero attached hydrogens (tertiary/aromatic N) is 5. The van der Waals surface area contributed by atoms with Crippen LogP contribution in [0.15, 0.2) is 87.4 Å². The van der Waals surface area contributed by atoms with Crippen LogP contribution >= 0.6 is 27.7 Å². The summed E-state index contributed by atoms with van der Waals surface area (Å²) in [5.74, 6) is 1.29. The fourth-order valence-electron chi connectivity index (χ4n) is 4.02. The zero-order chi connectivity index (χ0) is 25.1. The Kier molecular flexibility index (Phi) is 7.34. The van der Waals surface area contributed by atoms with Gasteiger partial charge in [-0.05, 0) is 65.5 Å². The Morgan fingerprint density at radius 1 is 0.972 bits per heavy atom. The number of hydrogen-bond donors (Lipinski definition) is 0. The van der Waals surface area contributed by atoms with Crippen molar-refractivity contribution in [3.05, 3.63) is 105 Å². The molecule has 0 fully saturated rings. The Labute approximate surface area is 222 Å². The van der Waals surface area contributed by atoms with Crippen molar-refractivity contribution in [2.24, 2.45) is 0 Å². The standard InChI is InChI=1S/C28H26BrN5OS/c1-3-4-5-20-8-13-24(14-9-20)34-27(21-10-6-19(2)7-11-21)31-32-28(34)36-18-23-16-26(35)33-17-22(29)12-15-25(33)30-23/h6-17H,3-5,18H2,1-2H3. The highest BCUT2D eigenvalue weighted by Crippen LogP contribution is 2.30. The molecular formula is C28H26BrN5OS. The van der Waals surface area contributed by atoms with E-state index in [1.54, 1.807) is 12.3 Å². The molecule has 5 aromatic rings. The second kappa shape index (κ2) is 10.8. The van der Waals surface area contributed by atoms with Crippen molar-refractivity contribution in [2.75, 3.05) is 0 Å². The van der Waals surface area contributed by atoms with Crippen LogP contribution in [0.3, 0.4) is 0 Å². The molecule has 5 rings (SSSR count). The molecule has 0 spiro atoms. The third-order valence-electron chi connectivity index (χ3n) is 5.98. The SMILES string of the molecule is CCCCc1ccc(-n2c(SCc3cc(=O)n4cc(Br)ccc4n3)nnc2-c2ccc(C)cc2)cc1. The number of pyridine rings is 1. The lowest BCUT2D eigenvalue weighted by atomic mass is 10.1. The molecule has 0 saturated carbocycles. The molecule has 0 bridgehead atoms. The van der Waals surface area contributed by atoms with E-state index in [9.17, 15) is 4.79 Å². The zero-order valence-corrected chi connectivity index (χ0v) is 22.6. The summed E-state index contributed by atoms with van der Waals surface area (Å²) in [6, 6.07) is 22.2. The number of benzene rings is 2. The number of unbranched alkanes of at least 4 members (excludes halogenated alkanes) is 1. The van der Waals surface area contributed by atoms with Crippen molar-refractivity contribution in [1.82, 2.24) is 24.1 Å². The van der Waals surface area contributed by atoms with E-state index in [0.29, 0.717) is 17.1 Å². The van der Waals surface area contributed by atoms with Crippen LogP contribution in [-0.4, -0.2) is 24.1 Å². The summed E-state index contributed by atoms with van der Waals surface area (Å²) in [5, 5.41) is 9.84. The lowest BCUT2D eigenvalue weighted by Gasteiger charge is -2.12. The summed E-state index contributed by atoms with van der Waals surface area (Å²) in [5.41, 5.74) is 5.74. The van der Waals surface area contributed by atoms with E-state index in [0.717, 1.165) is 33.1 Å². The number of hydrogen-bond acceptors (Lipinski definition) is 5. The minimum Gasteiger partial charge on any atom is -0.270 e. The number of aryl methyl sites for hydroxylation is 2. The molecule has 3 aromatic heterocycles. The van der Waals surface area contributed by atoms with Gasteiger partial charge in [-0.25, -0.2) is 4.98 Å². The molecule has 0 radical (unpaired) electrons. The van der Waals surface area contributed by atoms with Crippen LogP contribution < -0.4 is 5.56 Å². The van der Waals surface area contributed by atoms with E-state index in [1.807, 2.05) is 12.1 Å². The van der Waals surface area contributed by atoms with Crippen LogP contribution in [0, 0.1) is 6.92 Å². The van der Waals surface area contributed by atoms with Crippen molar-refractivity contribution in [3.63, 3.8) is 0 Å². The largest absolute Gasteiger partial charge is 0.270 e. The van der Waals surface area contributed by atoms with Gasteiger partial charge in [0.05, 0.1) is 5.69 Å². The van der Waals surface area contributed by atoms with Gasteiger partial charge in [0.25, 0.3) is 5.56 Å². The number of aromatic nitrogens is 5. The van der Waals surface area contributed by atoms with Crippen LogP contribution in [0.5, 0.6) is 0 Å². The van der Waals surface area contributed by atoms with E-state index in [2.05, 4.69) is 98.1 Å². The number of fused-ring (bicyclic) bond motifs is 1. The molecule has 0 atom stereocenters. The molecule has 0 aliphatic heterocycles. The monoisotopic (exact) mass is 559 g/mol. The van der Waals surface area contributed by atoms with Crippen molar-refractivity contribution < 1.29 is 0 Å². The highest BCUT2D eigenvalue weighted by molar-refractivity contribution is 9.10. The molecule has 0 amide bonds. The van der Waals surface area contributed by atoms with Gasteiger partial charge in [0.2, 0.25) is 0 Å². The molecule has 0 saturated heterocycles. The van der Waals surface area contributed by atoms with E-state index in [1.165, 1.54) is 40.1 Å². The predicted octanol–water partition coefficient (Wildman–Crippen LogP) is 6.65. The fourth-order valence-corrected chi connectivity index (χ4v) is 5.20. The first-order chi connectivity index (χ1) is 17.5. The first-order valence-corrected chi connectivity index (χ1v) is 13.7. The Bertz CT molecular complexity index is 1560. The Morgan fingerprint density at radius 2 is 1.75 bits per heavy atom. The number of rotatable bonds is 8. The zero-order valence-electron chi connectivity index (χ0n) is 20.2. The molecule has 0 aliphatic rings. The molecule has 6 nitrogen and oxygen atoms in total. The van der Waals surface area contributed by atoms with E-state index >= 15 is 0 Å². The van der Waals surface area contributed by atoms with Crippen LogP contribution in [0.1, 0.15) is 36.6 Å². The fraction of sp³-hybridized carbons (Fsp3) is 0.214. The molecular weight excluding hydrogens is 534 g/mol. The van der Waals surface area contributed by atoms with Crippen molar-refractivity contribution in [2.45, 2.75) is 44.0 Å². The van der Waals surface area contributed by atoms with Gasteiger partial charge in [-0.2, -0.15) is 0 Å². The summed E-state index contributed by atoms with van der Waals surface area (Å²) in [4.78, 5) is 17.3. The van der Waals surface area contributed by atoms with Gasteiger partial charge in [-0.15, -0.1) is 10.2 Å². The van der Waals surface area contributed by atoms with Crippen molar-refractivity contribution in [3.8, 4) is 17.1 Å². The van der Waals surface area contributed by atoms with Crippen LogP contribution in [-0.2, 0) is 12.2 Å². The number of thioether (sulfide) groups is 1. The average Bonchev–Trinajstić information content (AvgIpc) is 3.31. The second-order valence-electron chi connectivity index (χ2n) is 8.73. The lowest BCUT2D eigenvalue weighted by Crippen LogP contribution is -2.15. The van der Waals surface area contributed by atoms with E-state index < -0.39 is 0 Å². The van der Waals surface area contributed by atoms with Crippen LogP contribution in [0.4, 0.5) is 0 Å². The summed E-state index contributed by atoms with van der Waals surface area (Å²) < 4.78 is 4.46. The van der Waals surface area contributed by atoms with Crippen molar-refractivity contribution >= 4 is 33.3 Å². The maximum Gasteiger partial charge on any atom is 0.258 e. The van der Waals surface area contributed by atoms with Crippen LogP contribution in [0.2, 0.25) is 0 Å². The van der Waals surface area contributed by atoms with Gasteiger partial charge in [-0.1, -0.05) is 67.1 Å². The molecule has 182 valence electrons. The molecule has 36 heavy (non-hydrogen) atoms. The summed E-state index contributed by atoms with van der Waals surface area (Å²) >= 11 is 4.93. The van der Waals surface area contributed by atoms with Gasteiger partial charge in [0.15, 0.2) is 11.0 Å². The summed E-state index contributed by atoms with van der Waals surface area (Å²) in [6.45, 7) is 4.28. The maximum atomic E-state index is 12.6. The minimum atomic E-state index is -0.110. The molecule has 2 aromatic carbocycles. The molecule has 0 aliphatic carbocycles. The van der Waals surface area contributed by atoms with Gasteiger partial charge in [0.1, 0.15) is 5.65 Å². The third-order valence-corrected chi connectivity index (χ3v) is 7.41. The minimum absolute atomic E-state index is 0.110. The average molecular weight is 561 g/mol. The normalized spacial score (nSPS) is 11.3. The van der Waals surface area contributed by atoms with Crippen molar-refractivity contribution in [1.29, 1.82) is 0 Å². The molecule has 0 N–H and O–H groups in total. The van der Waals surface area contributed by atoms with E-state index in [-0.39, 0.29) is 5.56 Å². The molecule has 3 heterocycles. The summed E-state index contributed by atoms with van der Waals surface area (Å²) in [6.07, 6.45) is 5.16. The molecule has 8 heteroatoms. The third kappa shape index (κ3) is 5.29.